The summed E-state index contributed by atoms with van der Waals surface area (Å²) in [6.07, 6.45) is 6.58. The molecule has 2 aromatic rings. The first-order chi connectivity index (χ1) is 9.24. The summed E-state index contributed by atoms with van der Waals surface area (Å²) in [5, 5.41) is 1.36. The minimum absolute atomic E-state index is 0.228. The van der Waals surface area contributed by atoms with Crippen molar-refractivity contribution in [1.82, 2.24) is 4.57 Å². The summed E-state index contributed by atoms with van der Waals surface area (Å²) in [6.45, 7) is 3.27. The second-order valence-corrected chi connectivity index (χ2v) is 6.14. The molecule has 0 spiro atoms. The van der Waals surface area contributed by atoms with E-state index < -0.39 is 0 Å². The SMILES string of the molecule is CC(N)Cc1cc2ccccc2n1CC1CCCC1. The van der Waals surface area contributed by atoms with Crippen molar-refractivity contribution in [2.75, 3.05) is 0 Å². The van der Waals surface area contributed by atoms with Gasteiger partial charge in [0.1, 0.15) is 0 Å². The standard InChI is InChI=1S/C17H24N2/c1-13(18)10-16-11-15-8-4-5-9-17(15)19(16)12-14-6-2-3-7-14/h4-5,8-9,11,13-14H,2-3,6-7,10,12,18H2,1H3. The van der Waals surface area contributed by atoms with Gasteiger partial charge < -0.3 is 10.3 Å². The number of hydrogen-bond donors (Lipinski definition) is 1. The molecule has 1 aromatic heterocycles. The van der Waals surface area contributed by atoms with Crippen LogP contribution in [0.1, 0.15) is 38.3 Å². The van der Waals surface area contributed by atoms with Crippen molar-refractivity contribution in [3.8, 4) is 0 Å². The van der Waals surface area contributed by atoms with Gasteiger partial charge in [-0.3, -0.25) is 0 Å². The van der Waals surface area contributed by atoms with E-state index >= 15 is 0 Å². The Morgan fingerprint density at radius 1 is 1.26 bits per heavy atom. The number of nitrogens with two attached hydrogens (primary N) is 1. The van der Waals surface area contributed by atoms with E-state index in [2.05, 4.69) is 41.8 Å². The van der Waals surface area contributed by atoms with Crippen molar-refractivity contribution < 1.29 is 0 Å². The van der Waals surface area contributed by atoms with Crippen molar-refractivity contribution in [1.29, 1.82) is 0 Å². The molecule has 3 rings (SSSR count). The Kier molecular flexibility index (Phi) is 3.61. The van der Waals surface area contributed by atoms with E-state index in [1.807, 2.05) is 0 Å². The van der Waals surface area contributed by atoms with Crippen molar-refractivity contribution in [3.63, 3.8) is 0 Å². The molecule has 1 fully saturated rings. The maximum atomic E-state index is 6.01. The van der Waals surface area contributed by atoms with Crippen LogP contribution in [0, 0.1) is 5.92 Å². The van der Waals surface area contributed by atoms with Crippen LogP contribution in [0.5, 0.6) is 0 Å². The molecule has 2 N–H and O–H groups in total. The highest BCUT2D eigenvalue weighted by molar-refractivity contribution is 5.81. The van der Waals surface area contributed by atoms with Crippen molar-refractivity contribution >= 4 is 10.9 Å². The van der Waals surface area contributed by atoms with E-state index in [0.29, 0.717) is 0 Å². The Balaban J connectivity index is 1.97. The van der Waals surface area contributed by atoms with Crippen LogP contribution < -0.4 is 5.73 Å². The number of rotatable bonds is 4. The molecule has 0 bridgehead atoms. The fourth-order valence-corrected chi connectivity index (χ4v) is 3.43. The Labute approximate surface area is 115 Å². The van der Waals surface area contributed by atoms with Gasteiger partial charge in [-0.2, -0.15) is 0 Å². The van der Waals surface area contributed by atoms with Gasteiger partial charge in [-0.15, -0.1) is 0 Å². The molecule has 1 heterocycles. The maximum Gasteiger partial charge on any atom is 0.0482 e. The van der Waals surface area contributed by atoms with Crippen LogP contribution in [-0.4, -0.2) is 10.6 Å². The van der Waals surface area contributed by atoms with Crippen molar-refractivity contribution in [2.45, 2.75) is 51.6 Å². The highest BCUT2D eigenvalue weighted by Gasteiger charge is 2.18. The summed E-state index contributed by atoms with van der Waals surface area (Å²) in [5.41, 5.74) is 8.80. The van der Waals surface area contributed by atoms with E-state index in [9.17, 15) is 0 Å². The lowest BCUT2D eigenvalue weighted by Gasteiger charge is -2.16. The molecule has 1 atom stereocenters. The normalized spacial score (nSPS) is 18.2. The maximum absolute atomic E-state index is 6.01. The van der Waals surface area contributed by atoms with Crippen LogP contribution in [0.2, 0.25) is 0 Å². The zero-order valence-corrected chi connectivity index (χ0v) is 11.8. The van der Waals surface area contributed by atoms with Gasteiger partial charge in [-0.1, -0.05) is 31.0 Å². The van der Waals surface area contributed by atoms with Crippen LogP contribution in [0.4, 0.5) is 0 Å². The van der Waals surface area contributed by atoms with Crippen LogP contribution in [0.25, 0.3) is 10.9 Å². The summed E-state index contributed by atoms with van der Waals surface area (Å²) < 4.78 is 2.52. The fraction of sp³-hybridized carbons (Fsp3) is 0.529. The second-order valence-electron chi connectivity index (χ2n) is 6.14. The summed E-state index contributed by atoms with van der Waals surface area (Å²) >= 11 is 0. The topological polar surface area (TPSA) is 30.9 Å². The number of aromatic nitrogens is 1. The minimum Gasteiger partial charge on any atom is -0.344 e. The number of fused-ring (bicyclic) bond motifs is 1. The van der Waals surface area contributed by atoms with Gasteiger partial charge >= 0.3 is 0 Å². The molecule has 1 aliphatic rings. The summed E-state index contributed by atoms with van der Waals surface area (Å²) in [6, 6.07) is 11.3. The largest absolute Gasteiger partial charge is 0.344 e. The molecule has 102 valence electrons. The van der Waals surface area contributed by atoms with Crippen LogP contribution in [-0.2, 0) is 13.0 Å². The molecule has 1 aromatic carbocycles. The lowest BCUT2D eigenvalue weighted by atomic mass is 10.1. The molecule has 1 aliphatic carbocycles. The van der Waals surface area contributed by atoms with E-state index in [1.165, 1.54) is 48.8 Å². The minimum atomic E-state index is 0.228. The number of hydrogen-bond acceptors (Lipinski definition) is 1. The fourth-order valence-electron chi connectivity index (χ4n) is 3.43. The Morgan fingerprint density at radius 3 is 2.74 bits per heavy atom. The molecule has 0 amide bonds. The zero-order valence-electron chi connectivity index (χ0n) is 11.8. The van der Waals surface area contributed by atoms with Crippen LogP contribution >= 0.6 is 0 Å². The Hall–Kier alpha value is -1.28. The average Bonchev–Trinajstić information content (AvgIpc) is 2.99. The smallest absolute Gasteiger partial charge is 0.0482 e. The third-order valence-electron chi connectivity index (χ3n) is 4.34. The number of para-hydroxylation sites is 1. The van der Waals surface area contributed by atoms with Gasteiger partial charge in [-0.05, 0) is 43.2 Å². The zero-order chi connectivity index (χ0) is 13.2. The molecular weight excluding hydrogens is 232 g/mol. The van der Waals surface area contributed by atoms with Crippen LogP contribution in [0.15, 0.2) is 30.3 Å². The summed E-state index contributed by atoms with van der Waals surface area (Å²) in [5.74, 6) is 0.864. The summed E-state index contributed by atoms with van der Waals surface area (Å²) in [4.78, 5) is 0. The predicted octanol–water partition coefficient (Wildman–Crippen LogP) is 3.72. The van der Waals surface area contributed by atoms with E-state index in [1.54, 1.807) is 0 Å². The Bertz CT molecular complexity index is 547. The van der Waals surface area contributed by atoms with E-state index in [4.69, 9.17) is 5.73 Å². The molecule has 0 aliphatic heterocycles. The molecule has 2 heteroatoms. The highest BCUT2D eigenvalue weighted by atomic mass is 15.0. The first-order valence-electron chi connectivity index (χ1n) is 7.57. The molecule has 0 radical (unpaired) electrons. The van der Waals surface area contributed by atoms with Gasteiger partial charge in [0.15, 0.2) is 0 Å². The predicted molar refractivity (Wildman–Crippen MR) is 81.2 cm³/mol. The average molecular weight is 256 g/mol. The monoisotopic (exact) mass is 256 g/mol. The quantitative estimate of drug-likeness (QED) is 0.888. The third-order valence-corrected chi connectivity index (χ3v) is 4.34. The van der Waals surface area contributed by atoms with Gasteiger partial charge in [0, 0.05) is 30.2 Å². The summed E-state index contributed by atoms with van der Waals surface area (Å²) in [7, 11) is 0. The first-order valence-corrected chi connectivity index (χ1v) is 7.57. The van der Waals surface area contributed by atoms with Crippen LogP contribution in [0.3, 0.4) is 0 Å². The first kappa shape index (κ1) is 12.7. The van der Waals surface area contributed by atoms with Gasteiger partial charge in [0.05, 0.1) is 0 Å². The van der Waals surface area contributed by atoms with E-state index in [-0.39, 0.29) is 6.04 Å². The van der Waals surface area contributed by atoms with Gasteiger partial charge in [0.2, 0.25) is 0 Å². The molecule has 1 unspecified atom stereocenters. The lowest BCUT2D eigenvalue weighted by molar-refractivity contribution is 0.454. The molecule has 0 saturated heterocycles. The second kappa shape index (κ2) is 5.38. The van der Waals surface area contributed by atoms with Gasteiger partial charge in [-0.25, -0.2) is 0 Å². The van der Waals surface area contributed by atoms with Gasteiger partial charge in [0.25, 0.3) is 0 Å². The highest BCUT2D eigenvalue weighted by Crippen LogP contribution is 2.29. The molecule has 19 heavy (non-hydrogen) atoms. The lowest BCUT2D eigenvalue weighted by Crippen LogP contribution is -2.21. The number of benzene rings is 1. The molecular formula is C17H24N2. The number of nitrogens with zero attached hydrogens (tertiary/aromatic N) is 1. The molecule has 1 saturated carbocycles. The molecule has 2 nitrogen and oxygen atoms in total. The van der Waals surface area contributed by atoms with E-state index in [0.717, 1.165) is 12.3 Å². The third kappa shape index (κ3) is 2.69. The van der Waals surface area contributed by atoms with Crippen molar-refractivity contribution in [3.05, 3.63) is 36.0 Å². The van der Waals surface area contributed by atoms with Crippen molar-refractivity contribution in [2.24, 2.45) is 11.7 Å². The Morgan fingerprint density at radius 2 is 2.00 bits per heavy atom.